The van der Waals surface area contributed by atoms with Crippen LogP contribution >= 0.6 is 0 Å². The highest BCUT2D eigenvalue weighted by Gasteiger charge is 2.21. The Morgan fingerprint density at radius 2 is 1.64 bits per heavy atom. The van der Waals surface area contributed by atoms with Gasteiger partial charge in [0.05, 0.1) is 5.92 Å². The molecule has 0 saturated heterocycles. The number of carbonyl (C=O) groups is 1. The molecule has 0 saturated carbocycles. The van der Waals surface area contributed by atoms with Crippen molar-refractivity contribution in [2.75, 3.05) is 0 Å². The first-order valence-electron chi connectivity index (χ1n) is 7.10. The summed E-state index contributed by atoms with van der Waals surface area (Å²) in [7, 11) is 0. The van der Waals surface area contributed by atoms with Crippen molar-refractivity contribution in [1.82, 2.24) is 0 Å². The number of rotatable bonds is 4. The van der Waals surface area contributed by atoms with E-state index < -0.39 is 11.9 Å². The van der Waals surface area contributed by atoms with Gasteiger partial charge in [0.2, 0.25) is 0 Å². The van der Waals surface area contributed by atoms with E-state index in [1.165, 1.54) is 12.1 Å². The Hall–Kier alpha value is -2.68. The average Bonchev–Trinajstić information content (AvgIpc) is 2.53. The predicted molar refractivity (Wildman–Crippen MR) is 84.4 cm³/mol. The first-order chi connectivity index (χ1) is 10.6. The predicted octanol–water partition coefficient (Wildman–Crippen LogP) is 4.39. The van der Waals surface area contributed by atoms with Crippen molar-refractivity contribution in [1.29, 1.82) is 0 Å². The van der Waals surface area contributed by atoms with Crippen molar-refractivity contribution in [3.63, 3.8) is 0 Å². The minimum Gasteiger partial charge on any atom is -0.481 e. The van der Waals surface area contributed by atoms with E-state index in [0.29, 0.717) is 12.0 Å². The van der Waals surface area contributed by atoms with E-state index in [1.54, 1.807) is 12.1 Å². The number of hydrogen-bond acceptors (Lipinski definition) is 1. The molecule has 0 spiro atoms. The van der Waals surface area contributed by atoms with Crippen LogP contribution in [0, 0.1) is 5.82 Å². The van der Waals surface area contributed by atoms with Crippen LogP contribution in [0.25, 0.3) is 10.8 Å². The van der Waals surface area contributed by atoms with E-state index >= 15 is 0 Å². The summed E-state index contributed by atoms with van der Waals surface area (Å²) < 4.78 is 13.0. The molecule has 1 N–H and O–H groups in total. The van der Waals surface area contributed by atoms with E-state index in [-0.39, 0.29) is 5.82 Å². The minimum absolute atomic E-state index is 0.363. The van der Waals surface area contributed by atoms with Crippen molar-refractivity contribution in [3.05, 3.63) is 83.7 Å². The Labute approximate surface area is 127 Å². The maximum Gasteiger partial charge on any atom is 0.311 e. The summed E-state index contributed by atoms with van der Waals surface area (Å²) in [6, 6.07) is 19.5. The van der Waals surface area contributed by atoms with Crippen molar-refractivity contribution in [2.45, 2.75) is 12.3 Å². The van der Waals surface area contributed by atoms with Crippen LogP contribution in [0.4, 0.5) is 4.39 Å². The van der Waals surface area contributed by atoms with Gasteiger partial charge in [-0.3, -0.25) is 4.79 Å². The number of hydrogen-bond donors (Lipinski definition) is 1. The van der Waals surface area contributed by atoms with Crippen LogP contribution in [0.15, 0.2) is 66.7 Å². The quantitative estimate of drug-likeness (QED) is 0.775. The summed E-state index contributed by atoms with van der Waals surface area (Å²) in [6.45, 7) is 0. The van der Waals surface area contributed by atoms with E-state index in [0.717, 1.165) is 16.3 Å². The number of halogens is 1. The largest absolute Gasteiger partial charge is 0.481 e. The molecular formula is C19H15FO2. The van der Waals surface area contributed by atoms with Gasteiger partial charge < -0.3 is 5.11 Å². The van der Waals surface area contributed by atoms with Crippen molar-refractivity contribution >= 4 is 16.7 Å². The molecule has 1 atom stereocenters. The normalized spacial score (nSPS) is 12.2. The van der Waals surface area contributed by atoms with Crippen LogP contribution < -0.4 is 0 Å². The molecule has 3 aromatic rings. The third-order valence-corrected chi connectivity index (χ3v) is 3.87. The fraction of sp³-hybridized carbons (Fsp3) is 0.105. The van der Waals surface area contributed by atoms with Crippen molar-refractivity contribution < 1.29 is 14.3 Å². The summed E-state index contributed by atoms with van der Waals surface area (Å²) in [6.07, 6.45) is 0.377. The van der Waals surface area contributed by atoms with Crippen molar-refractivity contribution in [2.24, 2.45) is 0 Å². The monoisotopic (exact) mass is 294 g/mol. The molecular weight excluding hydrogens is 279 g/mol. The molecule has 3 heteroatoms. The fourth-order valence-electron chi connectivity index (χ4n) is 2.73. The molecule has 0 aliphatic rings. The second kappa shape index (κ2) is 5.98. The molecule has 0 radical (unpaired) electrons. The molecule has 0 fully saturated rings. The van der Waals surface area contributed by atoms with Gasteiger partial charge in [-0.15, -0.1) is 0 Å². The molecule has 0 bridgehead atoms. The zero-order valence-electron chi connectivity index (χ0n) is 11.9. The van der Waals surface area contributed by atoms with Gasteiger partial charge in [0, 0.05) is 0 Å². The molecule has 3 aromatic carbocycles. The zero-order chi connectivity index (χ0) is 15.5. The number of carboxylic acid groups (broad SMARTS) is 1. The lowest BCUT2D eigenvalue weighted by atomic mass is 9.90. The number of benzene rings is 3. The van der Waals surface area contributed by atoms with E-state index in [2.05, 4.69) is 0 Å². The second-order valence-corrected chi connectivity index (χ2v) is 5.28. The Kier molecular flexibility index (Phi) is 3.88. The molecule has 0 aromatic heterocycles. The maximum absolute atomic E-state index is 13.0. The SMILES string of the molecule is O=C(O)C(Cc1cccc2ccccc12)c1ccc(F)cc1. The minimum atomic E-state index is -0.903. The van der Waals surface area contributed by atoms with Crippen LogP contribution in [0.2, 0.25) is 0 Å². The summed E-state index contributed by atoms with van der Waals surface area (Å²) in [5.74, 6) is -1.95. The summed E-state index contributed by atoms with van der Waals surface area (Å²) >= 11 is 0. The molecule has 0 amide bonds. The Bertz CT molecular complexity index is 804. The fourth-order valence-corrected chi connectivity index (χ4v) is 2.73. The van der Waals surface area contributed by atoms with Gasteiger partial charge in [-0.25, -0.2) is 4.39 Å². The highest BCUT2D eigenvalue weighted by Crippen LogP contribution is 2.26. The van der Waals surface area contributed by atoms with Gasteiger partial charge in [-0.2, -0.15) is 0 Å². The van der Waals surface area contributed by atoms with E-state index in [9.17, 15) is 14.3 Å². The first-order valence-corrected chi connectivity index (χ1v) is 7.10. The number of aliphatic carboxylic acids is 1. The Morgan fingerprint density at radius 1 is 0.955 bits per heavy atom. The molecule has 0 aliphatic heterocycles. The lowest BCUT2D eigenvalue weighted by Crippen LogP contribution is -2.14. The van der Waals surface area contributed by atoms with Gasteiger partial charge in [-0.05, 0) is 40.5 Å². The topological polar surface area (TPSA) is 37.3 Å². The smallest absolute Gasteiger partial charge is 0.311 e. The molecule has 2 nitrogen and oxygen atoms in total. The standard InChI is InChI=1S/C19H15FO2/c20-16-10-8-14(9-11-16)18(19(21)22)12-15-6-3-5-13-4-1-2-7-17(13)15/h1-11,18H,12H2,(H,21,22). The highest BCUT2D eigenvalue weighted by molar-refractivity contribution is 5.86. The molecule has 0 aliphatic carbocycles. The highest BCUT2D eigenvalue weighted by atomic mass is 19.1. The Morgan fingerprint density at radius 3 is 2.36 bits per heavy atom. The molecule has 1 unspecified atom stereocenters. The van der Waals surface area contributed by atoms with Crippen molar-refractivity contribution in [3.8, 4) is 0 Å². The van der Waals surface area contributed by atoms with E-state index in [1.807, 2.05) is 42.5 Å². The van der Waals surface area contributed by atoms with Crippen LogP contribution in [0.1, 0.15) is 17.0 Å². The van der Waals surface area contributed by atoms with Gasteiger partial charge in [0.1, 0.15) is 5.82 Å². The summed E-state index contributed by atoms with van der Waals surface area (Å²) in [4.78, 5) is 11.6. The van der Waals surface area contributed by atoms with Gasteiger partial charge in [0.25, 0.3) is 0 Å². The van der Waals surface area contributed by atoms with Crippen LogP contribution in [0.5, 0.6) is 0 Å². The van der Waals surface area contributed by atoms with Gasteiger partial charge in [-0.1, -0.05) is 54.6 Å². The van der Waals surface area contributed by atoms with E-state index in [4.69, 9.17) is 0 Å². The maximum atomic E-state index is 13.0. The number of carboxylic acids is 1. The third kappa shape index (κ3) is 2.84. The first kappa shape index (κ1) is 14.3. The Balaban J connectivity index is 2.00. The second-order valence-electron chi connectivity index (χ2n) is 5.28. The summed E-state index contributed by atoms with van der Waals surface area (Å²) in [5, 5.41) is 11.7. The van der Waals surface area contributed by atoms with Gasteiger partial charge >= 0.3 is 5.97 Å². The molecule has 22 heavy (non-hydrogen) atoms. The van der Waals surface area contributed by atoms with Crippen LogP contribution in [-0.4, -0.2) is 11.1 Å². The number of fused-ring (bicyclic) bond motifs is 1. The zero-order valence-corrected chi connectivity index (χ0v) is 11.9. The lowest BCUT2D eigenvalue weighted by Gasteiger charge is -2.14. The van der Waals surface area contributed by atoms with Gasteiger partial charge in [0.15, 0.2) is 0 Å². The van der Waals surface area contributed by atoms with Crippen LogP contribution in [-0.2, 0) is 11.2 Å². The summed E-state index contributed by atoms with van der Waals surface area (Å²) in [5.41, 5.74) is 1.59. The molecule has 0 heterocycles. The third-order valence-electron chi connectivity index (χ3n) is 3.87. The lowest BCUT2D eigenvalue weighted by molar-refractivity contribution is -0.138. The molecule has 3 rings (SSSR count). The average molecular weight is 294 g/mol. The molecule has 110 valence electrons. The van der Waals surface area contributed by atoms with Crippen LogP contribution in [0.3, 0.4) is 0 Å².